The van der Waals surface area contributed by atoms with E-state index >= 15 is 0 Å². The van der Waals surface area contributed by atoms with Gasteiger partial charge in [0.1, 0.15) is 0 Å². The number of hydrogen-bond acceptors (Lipinski definition) is 6. The molecule has 1 unspecified atom stereocenters. The predicted molar refractivity (Wildman–Crippen MR) is 88.7 cm³/mol. The molecule has 0 fully saturated rings. The summed E-state index contributed by atoms with van der Waals surface area (Å²) < 4.78 is 9.82. The Morgan fingerprint density at radius 1 is 1.08 bits per heavy atom. The molecule has 1 atom stereocenters. The quantitative estimate of drug-likeness (QED) is 0.924. The maximum absolute atomic E-state index is 11.6. The zero-order valence-electron chi connectivity index (χ0n) is 12.9. The third kappa shape index (κ3) is 5.75. The zero-order chi connectivity index (χ0) is 17.2. The molecule has 6 nitrogen and oxygen atoms in total. The third-order valence-corrected chi connectivity index (χ3v) is 3.01. The summed E-state index contributed by atoms with van der Waals surface area (Å²) in [5.41, 5.74) is 1.07. The van der Waals surface area contributed by atoms with Gasteiger partial charge in [-0.25, -0.2) is 4.79 Å². The van der Waals surface area contributed by atoms with Crippen LogP contribution < -0.4 is 5.63 Å². The average molecular weight is 327 g/mol. The van der Waals surface area contributed by atoms with Gasteiger partial charge in [-0.2, -0.15) is 0 Å². The van der Waals surface area contributed by atoms with E-state index in [-0.39, 0.29) is 18.0 Å². The second-order valence-electron chi connectivity index (χ2n) is 4.82. The number of carbonyl (C=O) groups excluding carboxylic acids is 1. The van der Waals surface area contributed by atoms with E-state index in [2.05, 4.69) is 9.41 Å². The molecule has 1 aromatic carbocycles. The normalized spacial score (nSPS) is 16.1. The molecule has 0 radical (unpaired) electrons. The highest BCUT2D eigenvalue weighted by molar-refractivity contribution is 6.06. The third-order valence-electron chi connectivity index (χ3n) is 3.01. The molecule has 3 rings (SSSR count). The highest BCUT2D eigenvalue weighted by atomic mass is 16.5. The van der Waals surface area contributed by atoms with E-state index in [1.807, 2.05) is 30.3 Å². The number of aliphatic hydroxyl groups is 1. The van der Waals surface area contributed by atoms with Crippen LogP contribution in [0.25, 0.3) is 0 Å². The second-order valence-corrected chi connectivity index (χ2v) is 4.82. The van der Waals surface area contributed by atoms with Crippen LogP contribution >= 0.6 is 0 Å². The maximum Gasteiger partial charge on any atom is 0.335 e. The SMILES string of the molecule is O=C1C=C(CO)N=CC1OCc1ccccc1.O=c1cccco1. The molecule has 0 aliphatic carbocycles. The number of rotatable bonds is 4. The summed E-state index contributed by atoms with van der Waals surface area (Å²) in [4.78, 5) is 25.6. The number of nitrogens with zero attached hydrogens (tertiary/aromatic N) is 1. The van der Waals surface area contributed by atoms with Crippen LogP contribution in [0.5, 0.6) is 0 Å². The Bertz CT molecular complexity index is 747. The summed E-state index contributed by atoms with van der Waals surface area (Å²) in [6, 6.07) is 14.3. The van der Waals surface area contributed by atoms with Gasteiger partial charge < -0.3 is 14.3 Å². The lowest BCUT2D eigenvalue weighted by atomic mass is 10.1. The minimum Gasteiger partial charge on any atom is -0.431 e. The van der Waals surface area contributed by atoms with E-state index in [1.54, 1.807) is 12.1 Å². The lowest BCUT2D eigenvalue weighted by molar-refractivity contribution is -0.122. The van der Waals surface area contributed by atoms with E-state index in [9.17, 15) is 9.59 Å². The largest absolute Gasteiger partial charge is 0.431 e. The summed E-state index contributed by atoms with van der Waals surface area (Å²) in [6.45, 7) is 0.138. The van der Waals surface area contributed by atoms with Crippen LogP contribution in [0, 0.1) is 0 Å². The van der Waals surface area contributed by atoms with Crippen molar-refractivity contribution >= 4 is 12.0 Å². The zero-order valence-corrected chi connectivity index (χ0v) is 12.9. The van der Waals surface area contributed by atoms with Gasteiger partial charge in [-0.3, -0.25) is 9.79 Å². The van der Waals surface area contributed by atoms with Crippen molar-refractivity contribution in [2.24, 2.45) is 4.99 Å². The highest BCUT2D eigenvalue weighted by Gasteiger charge is 2.19. The molecule has 0 saturated heterocycles. The molecule has 0 bridgehead atoms. The molecular formula is C18H17NO5. The van der Waals surface area contributed by atoms with Crippen LogP contribution in [0.4, 0.5) is 0 Å². The lowest BCUT2D eigenvalue weighted by Gasteiger charge is -2.14. The van der Waals surface area contributed by atoms with Crippen LogP contribution in [-0.2, 0) is 16.1 Å². The Balaban J connectivity index is 0.000000249. The van der Waals surface area contributed by atoms with Gasteiger partial charge >= 0.3 is 5.63 Å². The van der Waals surface area contributed by atoms with Gasteiger partial charge in [-0.1, -0.05) is 36.4 Å². The van der Waals surface area contributed by atoms with Gasteiger partial charge in [0.25, 0.3) is 0 Å². The first kappa shape index (κ1) is 17.5. The van der Waals surface area contributed by atoms with Gasteiger partial charge in [0.05, 0.1) is 25.2 Å². The van der Waals surface area contributed by atoms with Crippen molar-refractivity contribution in [3.63, 3.8) is 0 Å². The second kappa shape index (κ2) is 9.34. The molecule has 1 aliphatic heterocycles. The number of benzene rings is 1. The fourth-order valence-corrected chi connectivity index (χ4v) is 1.82. The van der Waals surface area contributed by atoms with Gasteiger partial charge in [0.15, 0.2) is 11.9 Å². The van der Waals surface area contributed by atoms with Gasteiger partial charge in [-0.05, 0) is 11.6 Å². The average Bonchev–Trinajstić information content (AvgIpc) is 2.63. The van der Waals surface area contributed by atoms with Crippen molar-refractivity contribution in [2.75, 3.05) is 6.61 Å². The van der Waals surface area contributed by atoms with Gasteiger partial charge in [0, 0.05) is 18.4 Å². The van der Waals surface area contributed by atoms with Crippen LogP contribution in [0.2, 0.25) is 0 Å². The monoisotopic (exact) mass is 327 g/mol. The highest BCUT2D eigenvalue weighted by Crippen LogP contribution is 2.09. The molecule has 1 aliphatic rings. The Kier molecular flexibility index (Phi) is 6.82. The molecule has 2 aromatic rings. The molecular weight excluding hydrogens is 310 g/mol. The van der Waals surface area contributed by atoms with E-state index in [4.69, 9.17) is 9.84 Å². The molecule has 1 N–H and O–H groups in total. The molecule has 2 heterocycles. The van der Waals surface area contributed by atoms with Crippen molar-refractivity contribution in [3.05, 3.63) is 82.6 Å². The molecule has 6 heteroatoms. The first-order valence-corrected chi connectivity index (χ1v) is 7.28. The van der Waals surface area contributed by atoms with Crippen LogP contribution in [0.3, 0.4) is 0 Å². The summed E-state index contributed by atoms with van der Waals surface area (Å²) in [5, 5.41) is 8.83. The minimum atomic E-state index is -0.648. The smallest absolute Gasteiger partial charge is 0.335 e. The van der Waals surface area contributed by atoms with Crippen molar-refractivity contribution in [1.29, 1.82) is 0 Å². The maximum atomic E-state index is 11.6. The van der Waals surface area contributed by atoms with E-state index in [0.717, 1.165) is 5.56 Å². The van der Waals surface area contributed by atoms with E-state index in [0.29, 0.717) is 12.3 Å². The summed E-state index contributed by atoms with van der Waals surface area (Å²) in [7, 11) is 0. The number of aliphatic imine (C=N–C) groups is 1. The molecule has 0 amide bonds. The molecule has 24 heavy (non-hydrogen) atoms. The minimum absolute atomic E-state index is 0.181. The van der Waals surface area contributed by atoms with Crippen LogP contribution in [0.1, 0.15) is 5.56 Å². The number of hydrogen-bond donors (Lipinski definition) is 1. The standard InChI is InChI=1S/C13H13NO3.C5H4O2/c15-8-11-6-12(16)13(7-14-11)17-9-10-4-2-1-3-5-10;6-5-3-1-2-4-7-5/h1-7,13,15H,8-9H2;1-4H. The molecule has 124 valence electrons. The topological polar surface area (TPSA) is 89.1 Å². The lowest BCUT2D eigenvalue weighted by Crippen LogP contribution is -2.27. The predicted octanol–water partition coefficient (Wildman–Crippen LogP) is 1.74. The summed E-state index contributed by atoms with van der Waals surface area (Å²) >= 11 is 0. The Morgan fingerprint density at radius 2 is 1.83 bits per heavy atom. The van der Waals surface area contributed by atoms with Crippen molar-refractivity contribution < 1.29 is 19.1 Å². The Hall–Kier alpha value is -2.83. The number of aliphatic hydroxyl groups excluding tert-OH is 1. The summed E-state index contributed by atoms with van der Waals surface area (Å²) in [5.74, 6) is -0.181. The summed E-state index contributed by atoms with van der Waals surface area (Å²) in [6.07, 6.45) is 3.44. The Labute approximate surface area is 138 Å². The van der Waals surface area contributed by atoms with Crippen molar-refractivity contribution in [1.82, 2.24) is 0 Å². The van der Waals surface area contributed by atoms with E-state index in [1.165, 1.54) is 24.6 Å². The molecule has 1 aromatic heterocycles. The van der Waals surface area contributed by atoms with Crippen LogP contribution in [0.15, 0.2) is 80.8 Å². The van der Waals surface area contributed by atoms with Crippen LogP contribution in [-0.4, -0.2) is 29.8 Å². The van der Waals surface area contributed by atoms with Crippen molar-refractivity contribution in [2.45, 2.75) is 12.7 Å². The number of ketones is 1. The number of carbonyl (C=O) groups is 1. The van der Waals surface area contributed by atoms with E-state index < -0.39 is 6.10 Å². The Morgan fingerprint density at radius 3 is 2.38 bits per heavy atom. The number of ether oxygens (including phenoxy) is 1. The first-order valence-electron chi connectivity index (χ1n) is 7.28. The molecule has 0 spiro atoms. The fourth-order valence-electron chi connectivity index (χ4n) is 1.82. The van der Waals surface area contributed by atoms with Crippen molar-refractivity contribution in [3.8, 4) is 0 Å². The fraction of sp³-hybridized carbons (Fsp3) is 0.167. The van der Waals surface area contributed by atoms with Gasteiger partial charge in [-0.15, -0.1) is 0 Å². The first-order chi connectivity index (χ1) is 11.7. The molecule has 0 saturated carbocycles. The van der Waals surface area contributed by atoms with Gasteiger partial charge in [0.2, 0.25) is 0 Å².